The molecule has 0 radical (unpaired) electrons. The summed E-state index contributed by atoms with van der Waals surface area (Å²) in [6, 6.07) is 8.53. The van der Waals surface area contributed by atoms with E-state index in [4.69, 9.17) is 9.73 Å². The fourth-order valence-corrected chi connectivity index (χ4v) is 4.12. The van der Waals surface area contributed by atoms with E-state index in [2.05, 4.69) is 61.6 Å². The molecule has 1 aliphatic carbocycles. The van der Waals surface area contributed by atoms with Crippen LogP contribution >= 0.6 is 24.0 Å². The predicted octanol–water partition coefficient (Wildman–Crippen LogP) is 4.66. The molecule has 0 aliphatic heterocycles. The van der Waals surface area contributed by atoms with Crippen molar-refractivity contribution in [1.29, 1.82) is 0 Å². The van der Waals surface area contributed by atoms with E-state index in [0.717, 1.165) is 48.8 Å². The Kier molecular flexibility index (Phi) is 10.1. The van der Waals surface area contributed by atoms with Crippen LogP contribution in [0.25, 0.3) is 0 Å². The number of nitrogens with zero attached hydrogens (tertiary/aromatic N) is 3. The largest absolute Gasteiger partial charge is 0.490 e. The van der Waals surface area contributed by atoms with Crippen molar-refractivity contribution in [3.63, 3.8) is 0 Å². The minimum absolute atomic E-state index is 0. The van der Waals surface area contributed by atoms with Gasteiger partial charge in [0.05, 0.1) is 18.3 Å². The van der Waals surface area contributed by atoms with E-state index in [1.54, 1.807) is 0 Å². The third kappa shape index (κ3) is 7.12. The van der Waals surface area contributed by atoms with Crippen molar-refractivity contribution in [3.05, 3.63) is 46.8 Å². The van der Waals surface area contributed by atoms with Gasteiger partial charge in [0, 0.05) is 30.9 Å². The van der Waals surface area contributed by atoms with E-state index >= 15 is 0 Å². The number of hydrogen-bond donors (Lipinski definition) is 2. The van der Waals surface area contributed by atoms with E-state index < -0.39 is 0 Å². The summed E-state index contributed by atoms with van der Waals surface area (Å²) >= 11 is 0. The van der Waals surface area contributed by atoms with Gasteiger partial charge in [0.15, 0.2) is 5.96 Å². The number of rotatable bonds is 8. The van der Waals surface area contributed by atoms with Crippen molar-refractivity contribution < 1.29 is 4.74 Å². The molecule has 1 aromatic carbocycles. The number of aromatic nitrogens is 2. The minimum atomic E-state index is 0. The van der Waals surface area contributed by atoms with Crippen LogP contribution in [-0.4, -0.2) is 34.4 Å². The van der Waals surface area contributed by atoms with Crippen molar-refractivity contribution >= 4 is 29.9 Å². The zero-order valence-corrected chi connectivity index (χ0v) is 21.9. The first kappa shape index (κ1) is 25.5. The minimum Gasteiger partial charge on any atom is -0.490 e. The summed E-state index contributed by atoms with van der Waals surface area (Å²) < 4.78 is 8.22. The standard InChI is InChI=1S/C24H37N5O.HI/c1-6-25-24(27-17(2)15-22-18(3)28-29(5)19(22)4)26-16-20-11-7-10-14-23(20)30-21-12-8-9-13-21;/h7,10-11,14,17,21H,6,8-9,12-13,15-16H2,1-5H3,(H2,25,26,27);1H. The fourth-order valence-electron chi connectivity index (χ4n) is 4.12. The molecule has 1 aliphatic rings. The lowest BCUT2D eigenvalue weighted by Gasteiger charge is -2.19. The predicted molar refractivity (Wildman–Crippen MR) is 139 cm³/mol. The Morgan fingerprint density at radius 2 is 1.97 bits per heavy atom. The second-order valence-electron chi connectivity index (χ2n) is 8.35. The molecule has 2 aromatic rings. The van der Waals surface area contributed by atoms with E-state index in [-0.39, 0.29) is 30.0 Å². The van der Waals surface area contributed by atoms with Crippen molar-refractivity contribution in [3.8, 4) is 5.75 Å². The highest BCUT2D eigenvalue weighted by atomic mass is 127. The van der Waals surface area contributed by atoms with E-state index in [9.17, 15) is 0 Å². The smallest absolute Gasteiger partial charge is 0.191 e. The Labute approximate surface area is 204 Å². The SMILES string of the molecule is CCNC(=NCc1ccccc1OC1CCCC1)NC(C)Cc1c(C)nn(C)c1C.I. The summed E-state index contributed by atoms with van der Waals surface area (Å²) in [6.07, 6.45) is 6.13. The Hall–Kier alpha value is -1.77. The summed E-state index contributed by atoms with van der Waals surface area (Å²) in [4.78, 5) is 4.84. The molecule has 1 atom stereocenters. The Bertz CT molecular complexity index is 858. The first-order valence-corrected chi connectivity index (χ1v) is 11.3. The molecule has 172 valence electrons. The quantitative estimate of drug-likeness (QED) is 0.291. The molecule has 7 heteroatoms. The van der Waals surface area contributed by atoms with Gasteiger partial charge in [-0.25, -0.2) is 4.99 Å². The highest BCUT2D eigenvalue weighted by Crippen LogP contribution is 2.27. The summed E-state index contributed by atoms with van der Waals surface area (Å²) in [6.45, 7) is 9.90. The number of aryl methyl sites for hydroxylation is 2. The number of hydrogen-bond acceptors (Lipinski definition) is 3. The molecule has 1 fully saturated rings. The summed E-state index contributed by atoms with van der Waals surface area (Å²) in [7, 11) is 2.00. The fraction of sp³-hybridized carbons (Fsp3) is 0.583. The monoisotopic (exact) mass is 539 g/mol. The molecule has 1 aromatic heterocycles. The molecule has 31 heavy (non-hydrogen) atoms. The third-order valence-electron chi connectivity index (χ3n) is 5.87. The molecule has 0 amide bonds. The lowest BCUT2D eigenvalue weighted by molar-refractivity contribution is 0.208. The first-order valence-electron chi connectivity index (χ1n) is 11.3. The second kappa shape index (κ2) is 12.3. The lowest BCUT2D eigenvalue weighted by atomic mass is 10.1. The second-order valence-corrected chi connectivity index (χ2v) is 8.35. The van der Waals surface area contributed by atoms with Crippen LogP contribution in [0.5, 0.6) is 5.75 Å². The van der Waals surface area contributed by atoms with Crippen LogP contribution < -0.4 is 15.4 Å². The highest BCUT2D eigenvalue weighted by Gasteiger charge is 2.18. The van der Waals surface area contributed by atoms with Gasteiger partial charge >= 0.3 is 0 Å². The van der Waals surface area contributed by atoms with Crippen LogP contribution in [0.15, 0.2) is 29.3 Å². The normalized spacial score (nSPS) is 15.5. The number of aliphatic imine (C=N–C) groups is 1. The van der Waals surface area contributed by atoms with Crippen molar-refractivity contribution in [2.24, 2.45) is 12.0 Å². The van der Waals surface area contributed by atoms with Gasteiger partial charge in [-0.3, -0.25) is 4.68 Å². The van der Waals surface area contributed by atoms with Crippen LogP contribution in [0, 0.1) is 13.8 Å². The maximum absolute atomic E-state index is 6.27. The molecule has 3 rings (SSSR count). The topological polar surface area (TPSA) is 63.5 Å². The average molecular weight is 540 g/mol. The van der Waals surface area contributed by atoms with E-state index in [1.165, 1.54) is 24.1 Å². The van der Waals surface area contributed by atoms with Gasteiger partial charge in [0.2, 0.25) is 0 Å². The van der Waals surface area contributed by atoms with Gasteiger partial charge in [-0.05, 0) is 71.4 Å². The number of guanidine groups is 1. The summed E-state index contributed by atoms with van der Waals surface area (Å²) in [5, 5.41) is 11.5. The number of ether oxygens (including phenoxy) is 1. The van der Waals surface area contributed by atoms with Crippen molar-refractivity contribution in [2.75, 3.05) is 6.54 Å². The number of benzene rings is 1. The molecular formula is C24H38IN5O. The maximum atomic E-state index is 6.27. The zero-order chi connectivity index (χ0) is 21.5. The molecule has 1 saturated carbocycles. The van der Waals surface area contributed by atoms with Gasteiger partial charge < -0.3 is 15.4 Å². The van der Waals surface area contributed by atoms with Gasteiger partial charge in [0.1, 0.15) is 5.75 Å². The number of nitrogens with one attached hydrogen (secondary N) is 2. The van der Waals surface area contributed by atoms with Crippen LogP contribution in [-0.2, 0) is 20.0 Å². The van der Waals surface area contributed by atoms with Gasteiger partial charge in [-0.1, -0.05) is 18.2 Å². The van der Waals surface area contributed by atoms with E-state index in [1.807, 2.05) is 17.8 Å². The lowest BCUT2D eigenvalue weighted by Crippen LogP contribution is -2.43. The molecule has 6 nitrogen and oxygen atoms in total. The van der Waals surface area contributed by atoms with Crippen molar-refractivity contribution in [2.45, 2.75) is 78.5 Å². The van der Waals surface area contributed by atoms with Gasteiger partial charge in [-0.15, -0.1) is 24.0 Å². The molecule has 0 spiro atoms. The molecule has 1 unspecified atom stereocenters. The Morgan fingerprint density at radius 1 is 1.26 bits per heavy atom. The van der Waals surface area contributed by atoms with Crippen LogP contribution in [0.3, 0.4) is 0 Å². The molecule has 0 bridgehead atoms. The highest BCUT2D eigenvalue weighted by molar-refractivity contribution is 14.0. The first-order chi connectivity index (χ1) is 14.5. The zero-order valence-electron chi connectivity index (χ0n) is 19.6. The molecule has 2 N–H and O–H groups in total. The maximum Gasteiger partial charge on any atom is 0.191 e. The van der Waals surface area contributed by atoms with Crippen molar-refractivity contribution in [1.82, 2.24) is 20.4 Å². The third-order valence-corrected chi connectivity index (χ3v) is 5.87. The number of halogens is 1. The van der Waals surface area contributed by atoms with Crippen LogP contribution in [0.2, 0.25) is 0 Å². The average Bonchev–Trinajstić information content (AvgIpc) is 3.31. The van der Waals surface area contributed by atoms with E-state index in [0.29, 0.717) is 12.6 Å². The summed E-state index contributed by atoms with van der Waals surface area (Å²) in [5.74, 6) is 1.80. The Balaban J connectivity index is 0.00000341. The summed E-state index contributed by atoms with van der Waals surface area (Å²) in [5.41, 5.74) is 4.77. The van der Waals surface area contributed by atoms with Gasteiger partial charge in [0.25, 0.3) is 0 Å². The molecule has 1 heterocycles. The molecular weight excluding hydrogens is 501 g/mol. The number of para-hydroxylation sites is 1. The van der Waals surface area contributed by atoms with Crippen LogP contribution in [0.4, 0.5) is 0 Å². The Morgan fingerprint density at radius 3 is 2.61 bits per heavy atom. The van der Waals surface area contributed by atoms with Crippen LogP contribution in [0.1, 0.15) is 62.0 Å². The molecule has 0 saturated heterocycles. The van der Waals surface area contributed by atoms with Gasteiger partial charge in [-0.2, -0.15) is 5.10 Å².